The molecule has 2 aromatic rings. The first kappa shape index (κ1) is 19.2. The van der Waals surface area contributed by atoms with E-state index in [1.807, 2.05) is 0 Å². The topological polar surface area (TPSA) is 128 Å². The third-order valence-electron chi connectivity index (χ3n) is 2.85. The zero-order valence-electron chi connectivity index (χ0n) is 12.5. The smallest absolute Gasteiger partial charge is 0.273 e. The fraction of sp³-hybridized carbons (Fsp3) is 0.214. The molecule has 0 aliphatic heterocycles. The third-order valence-corrected chi connectivity index (χ3v) is 4.28. The van der Waals surface area contributed by atoms with E-state index in [2.05, 4.69) is 20.5 Å². The van der Waals surface area contributed by atoms with Crippen LogP contribution in [0, 0.1) is 0 Å². The van der Waals surface area contributed by atoms with E-state index in [4.69, 9.17) is 23.2 Å². The molecule has 2 rings (SSSR count). The molecule has 11 heteroatoms. The van der Waals surface area contributed by atoms with Gasteiger partial charge in [-0.25, -0.2) is 0 Å². The van der Waals surface area contributed by atoms with Gasteiger partial charge < -0.3 is 15.2 Å². The van der Waals surface area contributed by atoms with Crippen LogP contribution in [0.3, 0.4) is 0 Å². The molecule has 0 fully saturated rings. The highest BCUT2D eigenvalue weighted by atomic mass is 35.5. The summed E-state index contributed by atoms with van der Waals surface area (Å²) in [7, 11) is 0. The van der Waals surface area contributed by atoms with E-state index >= 15 is 0 Å². The van der Waals surface area contributed by atoms with E-state index in [0.717, 1.165) is 11.8 Å². The highest BCUT2D eigenvalue weighted by Crippen LogP contribution is 2.25. The van der Waals surface area contributed by atoms with Crippen molar-refractivity contribution >= 4 is 52.5 Å². The van der Waals surface area contributed by atoms with Crippen LogP contribution in [-0.4, -0.2) is 32.8 Å². The minimum atomic E-state index is -1.28. The van der Waals surface area contributed by atoms with Crippen LogP contribution in [0.25, 0.3) is 0 Å². The molecular formula is C14H11Cl2N4O4S-. The molecule has 0 spiro atoms. The number of aromatic nitrogens is 3. The minimum Gasteiger partial charge on any atom is -0.550 e. The summed E-state index contributed by atoms with van der Waals surface area (Å²) in [5.74, 6) is -1.71. The highest BCUT2D eigenvalue weighted by molar-refractivity contribution is 7.99. The molecule has 0 atom stereocenters. The van der Waals surface area contributed by atoms with Gasteiger partial charge in [0.1, 0.15) is 5.69 Å². The number of nitrogens with zero attached hydrogens (tertiary/aromatic N) is 2. The largest absolute Gasteiger partial charge is 0.550 e. The van der Waals surface area contributed by atoms with Crippen molar-refractivity contribution in [1.29, 1.82) is 0 Å². The van der Waals surface area contributed by atoms with Crippen LogP contribution in [0.5, 0.6) is 0 Å². The predicted molar refractivity (Wildman–Crippen MR) is 91.8 cm³/mol. The predicted octanol–water partition coefficient (Wildman–Crippen LogP) is 0.885. The van der Waals surface area contributed by atoms with Crippen molar-refractivity contribution in [2.75, 3.05) is 11.1 Å². The average Bonchev–Trinajstić information content (AvgIpc) is 2.55. The lowest BCUT2D eigenvalue weighted by atomic mass is 10.2. The molecule has 132 valence electrons. The van der Waals surface area contributed by atoms with Gasteiger partial charge in [-0.2, -0.15) is 0 Å². The van der Waals surface area contributed by atoms with Gasteiger partial charge >= 0.3 is 0 Å². The Bertz CT molecular complexity index is 859. The van der Waals surface area contributed by atoms with Gasteiger partial charge in [-0.15, -0.1) is 10.2 Å². The van der Waals surface area contributed by atoms with Crippen LogP contribution in [0.15, 0.2) is 28.2 Å². The quantitative estimate of drug-likeness (QED) is 0.658. The van der Waals surface area contributed by atoms with Crippen molar-refractivity contribution < 1.29 is 14.7 Å². The Balaban J connectivity index is 1.93. The molecule has 0 bridgehead atoms. The number of amides is 1. The van der Waals surface area contributed by atoms with E-state index in [0.29, 0.717) is 15.7 Å². The highest BCUT2D eigenvalue weighted by Gasteiger charge is 2.10. The molecular weight excluding hydrogens is 391 g/mol. The van der Waals surface area contributed by atoms with Crippen molar-refractivity contribution in [1.82, 2.24) is 15.2 Å². The summed E-state index contributed by atoms with van der Waals surface area (Å²) in [5, 5.41) is 21.3. The summed E-state index contributed by atoms with van der Waals surface area (Å²) in [6.45, 7) is 0. The molecule has 25 heavy (non-hydrogen) atoms. The number of rotatable bonds is 7. The Hall–Kier alpha value is -2.10. The van der Waals surface area contributed by atoms with Crippen LogP contribution in [0.2, 0.25) is 10.0 Å². The van der Waals surface area contributed by atoms with Gasteiger partial charge in [0.2, 0.25) is 5.91 Å². The van der Waals surface area contributed by atoms with Crippen LogP contribution < -0.4 is 16.0 Å². The summed E-state index contributed by atoms with van der Waals surface area (Å²) >= 11 is 12.7. The molecule has 0 aliphatic rings. The van der Waals surface area contributed by atoms with E-state index in [1.54, 1.807) is 12.1 Å². The number of anilines is 1. The maximum Gasteiger partial charge on any atom is 0.273 e. The summed E-state index contributed by atoms with van der Waals surface area (Å²) in [4.78, 5) is 36.5. The van der Waals surface area contributed by atoms with Crippen molar-refractivity contribution in [2.24, 2.45) is 0 Å². The number of aliphatic carboxylic acids is 1. The number of benzene rings is 1. The molecule has 0 radical (unpaired) electrons. The van der Waals surface area contributed by atoms with E-state index in [9.17, 15) is 19.5 Å². The van der Waals surface area contributed by atoms with E-state index in [1.165, 1.54) is 6.07 Å². The summed E-state index contributed by atoms with van der Waals surface area (Å²) in [6, 6.07) is 4.66. The van der Waals surface area contributed by atoms with Crippen molar-refractivity contribution in [3.05, 3.63) is 44.3 Å². The van der Waals surface area contributed by atoms with Gasteiger partial charge in [-0.1, -0.05) is 35.0 Å². The SMILES string of the molecule is O=C([O-])CCc1nnc(SCC(=O)Nc2cc(Cl)ccc2Cl)[nH]c1=O. The van der Waals surface area contributed by atoms with Gasteiger partial charge in [0.05, 0.1) is 16.5 Å². The number of thioether (sulfide) groups is 1. The fourth-order valence-corrected chi connectivity index (χ4v) is 2.65. The fourth-order valence-electron chi connectivity index (χ4n) is 1.71. The molecule has 8 nitrogen and oxygen atoms in total. The number of halogens is 2. The second-order valence-electron chi connectivity index (χ2n) is 4.74. The molecule has 2 N–H and O–H groups in total. The number of H-pyrrole nitrogens is 1. The summed E-state index contributed by atoms with van der Waals surface area (Å²) in [6.07, 6.45) is -0.406. The van der Waals surface area contributed by atoms with Crippen LogP contribution in [0.4, 0.5) is 5.69 Å². The molecule has 1 aromatic carbocycles. The van der Waals surface area contributed by atoms with Crippen molar-refractivity contribution in [2.45, 2.75) is 18.0 Å². The number of carbonyl (C=O) groups is 2. The lowest BCUT2D eigenvalue weighted by molar-refractivity contribution is -0.305. The maximum atomic E-state index is 11.9. The number of carboxylic acid groups (broad SMARTS) is 1. The maximum absolute atomic E-state index is 11.9. The third kappa shape index (κ3) is 6.04. The van der Waals surface area contributed by atoms with E-state index in [-0.39, 0.29) is 35.4 Å². The first-order valence-corrected chi connectivity index (χ1v) is 8.62. The van der Waals surface area contributed by atoms with E-state index < -0.39 is 11.5 Å². The van der Waals surface area contributed by atoms with Gasteiger partial charge in [-0.05, 0) is 24.6 Å². The van der Waals surface area contributed by atoms with Crippen molar-refractivity contribution in [3.63, 3.8) is 0 Å². The number of hydrogen-bond donors (Lipinski definition) is 2. The number of hydrogen-bond acceptors (Lipinski definition) is 7. The zero-order chi connectivity index (χ0) is 18.4. The Morgan fingerprint density at radius 2 is 2.04 bits per heavy atom. The molecule has 1 aromatic heterocycles. The standard InChI is InChI=1S/C14H12Cl2N4O4S/c15-7-1-2-8(16)10(5-7)17-11(21)6-25-14-18-13(24)9(19-20-14)3-4-12(22)23/h1-2,5H,3-4,6H2,(H,17,21)(H,22,23)(H,18,20,24)/p-1. The first-order valence-electron chi connectivity index (χ1n) is 6.88. The zero-order valence-corrected chi connectivity index (χ0v) is 14.9. The Morgan fingerprint density at radius 3 is 2.72 bits per heavy atom. The number of carboxylic acids is 1. The average molecular weight is 402 g/mol. The minimum absolute atomic E-state index is 0.0105. The number of carbonyl (C=O) groups excluding carboxylic acids is 2. The normalized spacial score (nSPS) is 10.5. The molecule has 0 unspecified atom stereocenters. The van der Waals surface area contributed by atoms with Gasteiger partial charge in [0.25, 0.3) is 5.56 Å². The number of aromatic amines is 1. The van der Waals surface area contributed by atoms with Crippen molar-refractivity contribution in [3.8, 4) is 0 Å². The lowest BCUT2D eigenvalue weighted by Gasteiger charge is -2.07. The number of nitrogens with one attached hydrogen (secondary N) is 2. The molecule has 0 saturated heterocycles. The Kier molecular flexibility index (Phi) is 6.80. The first-order chi connectivity index (χ1) is 11.8. The van der Waals surface area contributed by atoms with Gasteiger partial charge in [0, 0.05) is 17.4 Å². The molecule has 1 heterocycles. The van der Waals surface area contributed by atoms with Crippen LogP contribution >= 0.6 is 35.0 Å². The lowest BCUT2D eigenvalue weighted by Crippen LogP contribution is -2.25. The van der Waals surface area contributed by atoms with Crippen LogP contribution in [-0.2, 0) is 16.0 Å². The van der Waals surface area contributed by atoms with Crippen LogP contribution in [0.1, 0.15) is 12.1 Å². The second-order valence-corrected chi connectivity index (χ2v) is 6.55. The van der Waals surface area contributed by atoms with Gasteiger partial charge in [-0.3, -0.25) is 14.6 Å². The number of aryl methyl sites for hydroxylation is 1. The molecule has 0 saturated carbocycles. The summed E-state index contributed by atoms with van der Waals surface area (Å²) < 4.78 is 0. The van der Waals surface area contributed by atoms with Gasteiger partial charge in [0.15, 0.2) is 5.16 Å². The Labute approximate surface area is 155 Å². The summed E-state index contributed by atoms with van der Waals surface area (Å²) in [5.41, 5.74) is -0.197. The second kappa shape index (κ2) is 8.84. The monoisotopic (exact) mass is 401 g/mol. The molecule has 0 aliphatic carbocycles. The Morgan fingerprint density at radius 1 is 1.28 bits per heavy atom. The molecule has 1 amide bonds.